The van der Waals surface area contributed by atoms with Crippen LogP contribution in [0.5, 0.6) is 0 Å². The molecule has 2 aromatic heterocycles. The Labute approximate surface area is 159 Å². The molecule has 26 heavy (non-hydrogen) atoms. The second kappa shape index (κ2) is 8.24. The molecule has 7 heteroatoms. The number of likely N-dealkylation sites (N-methyl/N-ethyl adjacent to an activating group) is 1. The van der Waals surface area contributed by atoms with Gasteiger partial charge < -0.3 is 10.2 Å². The lowest BCUT2D eigenvalue weighted by atomic mass is 10.0. The van der Waals surface area contributed by atoms with Gasteiger partial charge in [0.15, 0.2) is 5.13 Å². The minimum atomic E-state index is -0.0772. The number of amides is 1. The Balaban J connectivity index is 1.65. The number of nitrogens with zero attached hydrogens (tertiary/aromatic N) is 4. The topological polar surface area (TPSA) is 61.4 Å². The molecule has 0 aromatic carbocycles. The monoisotopic (exact) mass is 373 g/mol. The lowest BCUT2D eigenvalue weighted by molar-refractivity contribution is -0.114. The van der Waals surface area contributed by atoms with Gasteiger partial charge in [-0.25, -0.2) is 4.98 Å². The Kier molecular flexibility index (Phi) is 6.01. The summed E-state index contributed by atoms with van der Waals surface area (Å²) in [6, 6.07) is 5.27. The van der Waals surface area contributed by atoms with Gasteiger partial charge >= 0.3 is 0 Å². The molecule has 0 saturated carbocycles. The highest BCUT2D eigenvalue weighted by Gasteiger charge is 2.29. The average Bonchev–Trinajstić information content (AvgIpc) is 2.98. The number of thiazole rings is 1. The van der Waals surface area contributed by atoms with Gasteiger partial charge in [0.2, 0.25) is 5.91 Å². The predicted molar refractivity (Wildman–Crippen MR) is 105 cm³/mol. The van der Waals surface area contributed by atoms with Gasteiger partial charge in [-0.2, -0.15) is 0 Å². The quantitative estimate of drug-likeness (QED) is 0.873. The summed E-state index contributed by atoms with van der Waals surface area (Å²) in [7, 11) is 2.22. The number of hydrogen-bond donors (Lipinski definition) is 1. The Morgan fingerprint density at radius 2 is 2.19 bits per heavy atom. The molecule has 1 N–H and O–H groups in total. The van der Waals surface area contributed by atoms with Crippen LogP contribution in [0, 0.1) is 6.92 Å². The Bertz CT molecular complexity index is 762. The highest BCUT2D eigenvalue weighted by Crippen LogP contribution is 2.24. The number of piperazine rings is 1. The molecular formula is C19H27N5OS. The van der Waals surface area contributed by atoms with E-state index >= 15 is 0 Å². The fourth-order valence-corrected chi connectivity index (χ4v) is 4.39. The smallest absolute Gasteiger partial charge is 0.223 e. The van der Waals surface area contributed by atoms with Gasteiger partial charge in [0.05, 0.1) is 0 Å². The van der Waals surface area contributed by atoms with Crippen LogP contribution in [0.1, 0.15) is 30.0 Å². The first-order valence-corrected chi connectivity index (χ1v) is 9.80. The lowest BCUT2D eigenvalue weighted by Gasteiger charge is -2.43. The summed E-state index contributed by atoms with van der Waals surface area (Å²) in [5.74, 6) is -0.0772. The molecule has 1 aliphatic rings. The zero-order chi connectivity index (χ0) is 18.7. The minimum absolute atomic E-state index is 0.0772. The number of rotatable bonds is 5. The van der Waals surface area contributed by atoms with Crippen LogP contribution in [0.3, 0.4) is 0 Å². The maximum absolute atomic E-state index is 11.2. The van der Waals surface area contributed by atoms with E-state index in [0.29, 0.717) is 17.2 Å². The Hall–Kier alpha value is -1.83. The van der Waals surface area contributed by atoms with Crippen molar-refractivity contribution in [1.82, 2.24) is 19.8 Å². The van der Waals surface area contributed by atoms with Crippen LogP contribution in [0.25, 0.3) is 0 Å². The third-order valence-electron chi connectivity index (χ3n) is 4.87. The molecule has 3 rings (SSSR count). The summed E-state index contributed by atoms with van der Waals surface area (Å²) in [6.07, 6.45) is 4.81. The van der Waals surface area contributed by atoms with E-state index in [1.54, 1.807) is 11.3 Å². The first kappa shape index (κ1) is 18.9. The van der Waals surface area contributed by atoms with Gasteiger partial charge in [0.1, 0.15) is 0 Å². The minimum Gasteiger partial charge on any atom is -0.302 e. The molecule has 1 amide bonds. The maximum atomic E-state index is 11.2. The molecule has 1 saturated heterocycles. The van der Waals surface area contributed by atoms with Crippen LogP contribution in [0.15, 0.2) is 24.5 Å². The van der Waals surface area contributed by atoms with Crippen molar-refractivity contribution in [2.24, 2.45) is 0 Å². The average molecular weight is 374 g/mol. The number of pyridine rings is 1. The molecule has 6 nitrogen and oxygen atoms in total. The van der Waals surface area contributed by atoms with Crippen molar-refractivity contribution in [1.29, 1.82) is 0 Å². The van der Waals surface area contributed by atoms with E-state index in [9.17, 15) is 4.79 Å². The molecular weight excluding hydrogens is 346 g/mol. The molecule has 3 heterocycles. The Morgan fingerprint density at radius 1 is 1.38 bits per heavy atom. The van der Waals surface area contributed by atoms with Crippen LogP contribution < -0.4 is 5.32 Å². The maximum Gasteiger partial charge on any atom is 0.223 e. The molecule has 1 fully saturated rings. The molecule has 0 bridgehead atoms. The highest BCUT2D eigenvalue weighted by molar-refractivity contribution is 7.15. The van der Waals surface area contributed by atoms with Crippen LogP contribution >= 0.6 is 11.3 Å². The van der Waals surface area contributed by atoms with Gasteiger partial charge in [0, 0.05) is 61.6 Å². The Morgan fingerprint density at radius 3 is 2.92 bits per heavy atom. The van der Waals surface area contributed by atoms with Crippen LogP contribution in [-0.2, 0) is 17.8 Å². The normalized spacial score (nSPS) is 21.7. The third kappa shape index (κ3) is 4.87. The van der Waals surface area contributed by atoms with E-state index in [1.807, 2.05) is 19.3 Å². The molecule has 0 aliphatic carbocycles. The number of carbonyl (C=O) groups is 1. The summed E-state index contributed by atoms with van der Waals surface area (Å²) in [5.41, 5.74) is 2.41. The summed E-state index contributed by atoms with van der Waals surface area (Å²) in [4.78, 5) is 25.9. The van der Waals surface area contributed by atoms with E-state index in [1.165, 1.54) is 17.4 Å². The van der Waals surface area contributed by atoms with Crippen molar-refractivity contribution in [3.05, 3.63) is 40.7 Å². The van der Waals surface area contributed by atoms with Crippen molar-refractivity contribution in [2.45, 2.75) is 45.8 Å². The van der Waals surface area contributed by atoms with Crippen LogP contribution in [0.4, 0.5) is 5.13 Å². The van der Waals surface area contributed by atoms with Crippen molar-refractivity contribution in [3.8, 4) is 0 Å². The highest BCUT2D eigenvalue weighted by atomic mass is 32.1. The molecule has 0 radical (unpaired) electrons. The second-order valence-corrected chi connectivity index (χ2v) is 8.31. The van der Waals surface area contributed by atoms with Gasteiger partial charge in [-0.05, 0) is 45.0 Å². The van der Waals surface area contributed by atoms with Crippen molar-refractivity contribution >= 4 is 22.4 Å². The molecule has 2 atom stereocenters. The van der Waals surface area contributed by atoms with E-state index in [2.05, 4.69) is 51.2 Å². The molecule has 1 aliphatic heterocycles. The lowest BCUT2D eigenvalue weighted by Crippen LogP contribution is -2.56. The standard InChI is InChI=1S/C19H27N5OS/c1-13-7-16(5-6-20-13)8-17-11-24(14(2)10-23(17)4)12-18-9-21-19(26-18)22-15(3)25/h5-7,9,14,17H,8,10-12H2,1-4H3,(H,21,22,25)/t14-,17+/m0/s1. The number of anilines is 1. The zero-order valence-electron chi connectivity index (χ0n) is 15.9. The number of carbonyl (C=O) groups excluding carboxylic acids is 1. The number of aromatic nitrogens is 2. The van der Waals surface area contributed by atoms with E-state index in [0.717, 1.165) is 31.7 Å². The van der Waals surface area contributed by atoms with Gasteiger partial charge in [-0.3, -0.25) is 14.7 Å². The fraction of sp³-hybridized carbons (Fsp3) is 0.526. The van der Waals surface area contributed by atoms with Crippen molar-refractivity contribution in [2.75, 3.05) is 25.5 Å². The van der Waals surface area contributed by atoms with Crippen molar-refractivity contribution in [3.63, 3.8) is 0 Å². The number of aryl methyl sites for hydroxylation is 1. The largest absolute Gasteiger partial charge is 0.302 e. The fourth-order valence-electron chi connectivity index (χ4n) is 3.50. The second-order valence-electron chi connectivity index (χ2n) is 7.19. The van der Waals surface area contributed by atoms with Gasteiger partial charge in [0.25, 0.3) is 0 Å². The number of hydrogen-bond acceptors (Lipinski definition) is 6. The summed E-state index contributed by atoms with van der Waals surface area (Å²) >= 11 is 1.56. The molecule has 0 unspecified atom stereocenters. The van der Waals surface area contributed by atoms with E-state index in [-0.39, 0.29) is 5.91 Å². The molecule has 140 valence electrons. The van der Waals surface area contributed by atoms with Crippen molar-refractivity contribution < 1.29 is 4.79 Å². The van der Waals surface area contributed by atoms with Crippen LogP contribution in [0.2, 0.25) is 0 Å². The summed E-state index contributed by atoms with van der Waals surface area (Å²) in [6.45, 7) is 8.77. The first-order chi connectivity index (χ1) is 12.4. The van der Waals surface area contributed by atoms with Crippen LogP contribution in [-0.4, -0.2) is 57.9 Å². The van der Waals surface area contributed by atoms with Gasteiger partial charge in [-0.15, -0.1) is 11.3 Å². The summed E-state index contributed by atoms with van der Waals surface area (Å²) in [5, 5.41) is 3.44. The zero-order valence-corrected chi connectivity index (χ0v) is 16.7. The third-order valence-corrected chi connectivity index (χ3v) is 5.77. The SMILES string of the molecule is CC(=O)Nc1ncc(CN2C[C@@H](Cc3ccnc(C)c3)N(C)C[C@@H]2C)s1. The van der Waals surface area contributed by atoms with E-state index < -0.39 is 0 Å². The predicted octanol–water partition coefficient (Wildman–Crippen LogP) is 2.55. The van der Waals surface area contributed by atoms with E-state index in [4.69, 9.17) is 0 Å². The van der Waals surface area contributed by atoms with Gasteiger partial charge in [-0.1, -0.05) is 0 Å². The number of nitrogens with one attached hydrogen (secondary N) is 1. The molecule has 0 spiro atoms. The first-order valence-electron chi connectivity index (χ1n) is 8.99. The summed E-state index contributed by atoms with van der Waals surface area (Å²) < 4.78 is 0. The molecule has 2 aromatic rings.